The molecule has 0 aliphatic heterocycles. The summed E-state index contributed by atoms with van der Waals surface area (Å²) in [7, 11) is 0. The molecule has 1 atom stereocenters. The van der Waals surface area contributed by atoms with Gasteiger partial charge in [-0.2, -0.15) is 9.78 Å². The molecule has 0 saturated carbocycles. The third-order valence-electron chi connectivity index (χ3n) is 5.33. The summed E-state index contributed by atoms with van der Waals surface area (Å²) in [6, 6.07) is 20.3. The molecular weight excluding hydrogens is 450 g/mol. The van der Waals surface area contributed by atoms with Gasteiger partial charge in [0.1, 0.15) is 0 Å². The summed E-state index contributed by atoms with van der Waals surface area (Å²) in [6.45, 7) is 6.37. The fourth-order valence-electron chi connectivity index (χ4n) is 3.45. The second-order valence-corrected chi connectivity index (χ2v) is 8.19. The van der Waals surface area contributed by atoms with Crippen LogP contribution in [0.1, 0.15) is 32.8 Å². The van der Waals surface area contributed by atoms with Crippen molar-refractivity contribution in [3.8, 4) is 22.9 Å². The third kappa shape index (κ3) is 4.97. The van der Waals surface area contributed by atoms with Crippen molar-refractivity contribution in [3.05, 3.63) is 87.7 Å². The van der Waals surface area contributed by atoms with Gasteiger partial charge in [0, 0.05) is 5.56 Å². The van der Waals surface area contributed by atoms with Gasteiger partial charge < -0.3 is 9.47 Å². The van der Waals surface area contributed by atoms with Gasteiger partial charge in [0.05, 0.1) is 34.9 Å². The predicted molar refractivity (Wildman–Crippen MR) is 137 cm³/mol. The number of hydrogen-bond donors (Lipinski definition) is 0. The van der Waals surface area contributed by atoms with E-state index in [4.69, 9.17) is 26.1 Å². The minimum absolute atomic E-state index is 0.00750. The van der Waals surface area contributed by atoms with Crippen molar-refractivity contribution in [3.63, 3.8) is 0 Å². The number of benzene rings is 3. The van der Waals surface area contributed by atoms with Crippen LogP contribution in [-0.2, 0) is 0 Å². The van der Waals surface area contributed by atoms with Crippen molar-refractivity contribution in [2.45, 2.75) is 33.3 Å². The van der Waals surface area contributed by atoms with E-state index in [-0.39, 0.29) is 11.7 Å². The van der Waals surface area contributed by atoms with Crippen LogP contribution in [0.15, 0.2) is 76.6 Å². The summed E-state index contributed by atoms with van der Waals surface area (Å²) in [5.41, 5.74) is 1.82. The van der Waals surface area contributed by atoms with E-state index in [0.717, 1.165) is 12.0 Å². The molecule has 34 heavy (non-hydrogen) atoms. The molecule has 0 unspecified atom stereocenters. The molecule has 0 aliphatic rings. The summed E-state index contributed by atoms with van der Waals surface area (Å²) in [4.78, 5) is 18.0. The van der Waals surface area contributed by atoms with Gasteiger partial charge in [-0.3, -0.25) is 4.79 Å². The lowest BCUT2D eigenvalue weighted by Crippen LogP contribution is -2.20. The van der Waals surface area contributed by atoms with Gasteiger partial charge in [0.2, 0.25) is 0 Å². The summed E-state index contributed by atoms with van der Waals surface area (Å²) < 4.78 is 13.1. The van der Waals surface area contributed by atoms with Crippen LogP contribution in [0.5, 0.6) is 11.5 Å². The first-order valence-electron chi connectivity index (χ1n) is 11.3. The fraction of sp³-hybridized carbons (Fsp3) is 0.222. The van der Waals surface area contributed by atoms with Crippen molar-refractivity contribution in [1.29, 1.82) is 0 Å². The van der Waals surface area contributed by atoms with Crippen LogP contribution in [0.2, 0.25) is 5.02 Å². The molecule has 0 saturated heterocycles. The van der Waals surface area contributed by atoms with Gasteiger partial charge in [0.25, 0.3) is 5.56 Å². The Morgan fingerprint density at radius 3 is 2.56 bits per heavy atom. The van der Waals surface area contributed by atoms with Crippen LogP contribution in [0, 0.1) is 0 Å². The quantitative estimate of drug-likeness (QED) is 0.285. The highest BCUT2D eigenvalue weighted by molar-refractivity contribution is 6.32. The lowest BCUT2D eigenvalue weighted by molar-refractivity contribution is 0.203. The number of nitrogens with zero attached hydrogens (tertiary/aromatic N) is 3. The number of halogens is 1. The van der Waals surface area contributed by atoms with E-state index in [1.807, 2.05) is 69.3 Å². The first-order valence-corrected chi connectivity index (χ1v) is 11.6. The van der Waals surface area contributed by atoms with Crippen molar-refractivity contribution < 1.29 is 9.47 Å². The van der Waals surface area contributed by atoms with Crippen LogP contribution in [-0.4, -0.2) is 28.6 Å². The molecule has 0 bridgehead atoms. The van der Waals surface area contributed by atoms with Crippen LogP contribution in [0.4, 0.5) is 0 Å². The smallest absolute Gasteiger partial charge is 0.282 e. The summed E-state index contributed by atoms with van der Waals surface area (Å²) >= 11 is 6.54. The Morgan fingerprint density at radius 2 is 1.82 bits per heavy atom. The zero-order valence-corrected chi connectivity index (χ0v) is 20.1. The van der Waals surface area contributed by atoms with Gasteiger partial charge in [-0.15, -0.1) is 0 Å². The van der Waals surface area contributed by atoms with E-state index in [9.17, 15) is 4.79 Å². The Bertz CT molecular complexity index is 1380. The molecule has 0 amide bonds. The number of ether oxygens (including phenoxy) is 2. The van der Waals surface area contributed by atoms with Gasteiger partial charge in [0.15, 0.2) is 17.3 Å². The summed E-state index contributed by atoms with van der Waals surface area (Å²) in [5, 5.41) is 5.42. The second-order valence-electron chi connectivity index (χ2n) is 7.78. The van der Waals surface area contributed by atoms with E-state index >= 15 is 0 Å². The molecule has 3 aromatic carbocycles. The third-order valence-corrected chi connectivity index (χ3v) is 5.61. The molecular formula is C27H26ClN3O3. The van der Waals surface area contributed by atoms with Crippen molar-refractivity contribution >= 4 is 28.7 Å². The van der Waals surface area contributed by atoms with Crippen molar-refractivity contribution in [2.75, 3.05) is 6.61 Å². The molecule has 0 radical (unpaired) electrons. The monoisotopic (exact) mass is 475 g/mol. The highest BCUT2D eigenvalue weighted by Gasteiger charge is 2.16. The van der Waals surface area contributed by atoms with Gasteiger partial charge in [-0.1, -0.05) is 61.0 Å². The van der Waals surface area contributed by atoms with E-state index in [1.165, 1.54) is 4.68 Å². The molecule has 0 spiro atoms. The topological polar surface area (TPSA) is 65.7 Å². The molecule has 6 nitrogen and oxygen atoms in total. The average Bonchev–Trinajstić information content (AvgIpc) is 2.86. The molecule has 1 heterocycles. The van der Waals surface area contributed by atoms with Crippen LogP contribution in [0.25, 0.3) is 22.3 Å². The maximum atomic E-state index is 13.3. The van der Waals surface area contributed by atoms with Crippen molar-refractivity contribution in [2.24, 2.45) is 5.10 Å². The minimum Gasteiger partial charge on any atom is -0.490 e. The van der Waals surface area contributed by atoms with Crippen LogP contribution >= 0.6 is 11.6 Å². The number of rotatable bonds is 8. The zero-order valence-electron chi connectivity index (χ0n) is 19.4. The lowest BCUT2D eigenvalue weighted by Gasteiger charge is -2.18. The molecule has 0 fully saturated rings. The molecule has 4 aromatic rings. The predicted octanol–water partition coefficient (Wildman–Crippen LogP) is 6.18. The standard InChI is InChI=1S/C27H26ClN3O3/c1-4-18(3)34-25-22(28)15-19(16-24(25)33-5-2)17-29-31-26(20-11-7-6-8-12-20)30-23-14-10-9-13-21(23)27(31)32/h6-18H,4-5H2,1-3H3/t18-/m0/s1. The van der Waals surface area contributed by atoms with E-state index < -0.39 is 0 Å². The number of aromatic nitrogens is 2. The number of hydrogen-bond acceptors (Lipinski definition) is 5. The maximum Gasteiger partial charge on any atom is 0.282 e. The Labute approximate surface area is 203 Å². The van der Waals surface area contributed by atoms with Crippen molar-refractivity contribution in [1.82, 2.24) is 9.66 Å². The van der Waals surface area contributed by atoms with E-state index in [0.29, 0.717) is 45.4 Å². The van der Waals surface area contributed by atoms with Gasteiger partial charge >= 0.3 is 0 Å². The maximum absolute atomic E-state index is 13.3. The fourth-order valence-corrected chi connectivity index (χ4v) is 3.72. The first-order chi connectivity index (χ1) is 16.5. The summed E-state index contributed by atoms with van der Waals surface area (Å²) in [6.07, 6.45) is 2.41. The number of fused-ring (bicyclic) bond motifs is 1. The molecule has 4 rings (SSSR count). The normalized spacial score (nSPS) is 12.2. The zero-order chi connectivity index (χ0) is 24.1. The Balaban J connectivity index is 1.82. The number of para-hydroxylation sites is 1. The Kier molecular flexibility index (Phi) is 7.28. The minimum atomic E-state index is -0.256. The SMILES string of the molecule is CCOc1cc(C=Nn2c(-c3ccccc3)nc3ccccc3c2=O)cc(Cl)c1O[C@@H](C)CC. The second kappa shape index (κ2) is 10.5. The molecule has 0 aliphatic carbocycles. The summed E-state index contributed by atoms with van der Waals surface area (Å²) in [5.74, 6) is 1.49. The van der Waals surface area contributed by atoms with Gasteiger partial charge in [-0.05, 0) is 50.1 Å². The van der Waals surface area contributed by atoms with Crippen LogP contribution in [0.3, 0.4) is 0 Å². The van der Waals surface area contributed by atoms with Crippen LogP contribution < -0.4 is 15.0 Å². The largest absolute Gasteiger partial charge is 0.490 e. The highest BCUT2D eigenvalue weighted by Crippen LogP contribution is 2.37. The average molecular weight is 476 g/mol. The Hall–Kier alpha value is -3.64. The molecule has 7 heteroatoms. The molecule has 174 valence electrons. The molecule has 1 aromatic heterocycles. The Morgan fingerprint density at radius 1 is 1.09 bits per heavy atom. The van der Waals surface area contributed by atoms with E-state index in [2.05, 4.69) is 5.10 Å². The van der Waals surface area contributed by atoms with Gasteiger partial charge in [-0.25, -0.2) is 4.98 Å². The lowest BCUT2D eigenvalue weighted by atomic mass is 10.2. The molecule has 0 N–H and O–H groups in total. The highest BCUT2D eigenvalue weighted by atomic mass is 35.5. The first kappa shape index (κ1) is 23.5. The van der Waals surface area contributed by atoms with E-state index in [1.54, 1.807) is 24.4 Å².